The van der Waals surface area contributed by atoms with Crippen molar-refractivity contribution >= 4 is 23.4 Å². The Morgan fingerprint density at radius 3 is 2.47 bits per heavy atom. The molecule has 2 rings (SSSR count). The molecule has 3 nitrogen and oxygen atoms in total. The van der Waals surface area contributed by atoms with Crippen LogP contribution in [-0.4, -0.2) is 25.8 Å². The normalized spacial score (nSPS) is 16.5. The molecule has 1 fully saturated rings. The Bertz CT molecular complexity index is 375. The van der Waals surface area contributed by atoms with Gasteiger partial charge in [0.1, 0.15) is 5.82 Å². The van der Waals surface area contributed by atoms with Crippen molar-refractivity contribution in [3.63, 3.8) is 0 Å². The summed E-state index contributed by atoms with van der Waals surface area (Å²) in [4.78, 5) is 0. The summed E-state index contributed by atoms with van der Waals surface area (Å²) < 4.78 is 2.39. The second kappa shape index (κ2) is 5.19. The molecular weight excluding hydrogens is 254 g/mol. The molecule has 1 saturated carbocycles. The van der Waals surface area contributed by atoms with E-state index >= 15 is 0 Å². The number of hydrogen-bond donors (Lipinski definition) is 0. The average molecular weight is 274 g/mol. The Morgan fingerprint density at radius 1 is 1.35 bits per heavy atom. The maximum atomic E-state index is 6.17. The Morgan fingerprint density at radius 2 is 2.00 bits per heavy atom. The van der Waals surface area contributed by atoms with Crippen molar-refractivity contribution in [2.75, 3.05) is 6.26 Å². The molecule has 0 amide bonds. The lowest BCUT2D eigenvalue weighted by Gasteiger charge is -2.30. The third-order valence-electron chi connectivity index (χ3n) is 3.84. The van der Waals surface area contributed by atoms with E-state index in [9.17, 15) is 0 Å². The van der Waals surface area contributed by atoms with E-state index in [0.29, 0.717) is 11.2 Å². The van der Waals surface area contributed by atoms with Crippen LogP contribution in [0.4, 0.5) is 0 Å². The molecule has 0 atom stereocenters. The second-order valence-electron chi connectivity index (χ2n) is 4.78. The summed E-state index contributed by atoms with van der Waals surface area (Å²) in [6, 6.07) is 0. The van der Waals surface area contributed by atoms with E-state index in [2.05, 4.69) is 34.9 Å². The van der Waals surface area contributed by atoms with Gasteiger partial charge in [0.25, 0.3) is 0 Å². The smallest absolute Gasteiger partial charge is 0.225 e. The predicted molar refractivity (Wildman–Crippen MR) is 73.8 cm³/mol. The van der Waals surface area contributed by atoms with Gasteiger partial charge in [-0.3, -0.25) is 0 Å². The van der Waals surface area contributed by atoms with Crippen molar-refractivity contribution in [1.29, 1.82) is 0 Å². The molecule has 0 spiro atoms. The first kappa shape index (κ1) is 13.2. The van der Waals surface area contributed by atoms with Crippen LogP contribution in [0.5, 0.6) is 0 Å². The molecule has 0 unspecified atom stereocenters. The fourth-order valence-corrected chi connectivity index (χ4v) is 3.22. The van der Waals surface area contributed by atoms with E-state index in [1.165, 1.54) is 12.8 Å². The summed E-state index contributed by atoms with van der Waals surface area (Å²) in [5.74, 6) is 1.69. The van der Waals surface area contributed by atoms with Crippen LogP contribution >= 0.6 is 23.4 Å². The third kappa shape index (κ3) is 2.63. The van der Waals surface area contributed by atoms with Crippen molar-refractivity contribution in [3.05, 3.63) is 11.1 Å². The van der Waals surface area contributed by atoms with E-state index in [0.717, 1.165) is 25.2 Å². The average Bonchev–Trinajstić information content (AvgIpc) is 3.13. The first-order valence-electron chi connectivity index (χ1n) is 6.29. The van der Waals surface area contributed by atoms with Gasteiger partial charge in [0.15, 0.2) is 0 Å². The van der Waals surface area contributed by atoms with Gasteiger partial charge in [-0.05, 0) is 43.5 Å². The van der Waals surface area contributed by atoms with E-state index in [4.69, 9.17) is 11.6 Å². The summed E-state index contributed by atoms with van der Waals surface area (Å²) in [5.41, 5.74) is 0. The third-order valence-corrected chi connectivity index (χ3v) is 5.70. The Labute approximate surface area is 112 Å². The standard InChI is InChI=1S/C12H20ClN3S/c1-4-12(5-2,17-3)8-16-10(9-6-7-9)14-15-11(16)13/h9H,4-8H2,1-3H3. The maximum absolute atomic E-state index is 6.17. The molecule has 0 radical (unpaired) electrons. The van der Waals surface area contributed by atoms with Crippen molar-refractivity contribution < 1.29 is 0 Å². The minimum Gasteiger partial charge on any atom is -0.300 e. The van der Waals surface area contributed by atoms with Crippen LogP contribution in [0.1, 0.15) is 51.3 Å². The number of aromatic nitrogens is 3. The highest BCUT2D eigenvalue weighted by atomic mass is 35.5. The molecule has 0 aliphatic heterocycles. The Kier molecular flexibility index (Phi) is 4.03. The predicted octanol–water partition coefficient (Wildman–Crippen LogP) is 3.73. The zero-order valence-electron chi connectivity index (χ0n) is 10.7. The maximum Gasteiger partial charge on any atom is 0.225 e. The van der Waals surface area contributed by atoms with Crippen LogP contribution in [0.15, 0.2) is 0 Å². The second-order valence-corrected chi connectivity index (χ2v) is 6.39. The lowest BCUT2D eigenvalue weighted by atomic mass is 10.0. The minimum atomic E-state index is 0.260. The summed E-state index contributed by atoms with van der Waals surface area (Å²) in [5, 5.41) is 8.82. The fraction of sp³-hybridized carbons (Fsp3) is 0.833. The van der Waals surface area contributed by atoms with Gasteiger partial charge >= 0.3 is 0 Å². The summed E-state index contributed by atoms with van der Waals surface area (Å²) >= 11 is 8.10. The molecule has 0 aromatic carbocycles. The van der Waals surface area contributed by atoms with Crippen molar-refractivity contribution in [2.24, 2.45) is 0 Å². The SMILES string of the molecule is CCC(CC)(Cn1c(Cl)nnc1C1CC1)SC. The number of rotatable bonds is 6. The zero-order chi connectivity index (χ0) is 12.5. The molecule has 0 N–H and O–H groups in total. The Hall–Kier alpha value is -0.220. The summed E-state index contributed by atoms with van der Waals surface area (Å²) in [6.45, 7) is 5.42. The molecule has 1 aliphatic rings. The largest absolute Gasteiger partial charge is 0.300 e. The number of hydrogen-bond acceptors (Lipinski definition) is 3. The van der Waals surface area contributed by atoms with E-state index in [1.54, 1.807) is 0 Å². The number of nitrogens with zero attached hydrogens (tertiary/aromatic N) is 3. The molecular formula is C12H20ClN3S. The monoisotopic (exact) mass is 273 g/mol. The zero-order valence-corrected chi connectivity index (χ0v) is 12.3. The van der Waals surface area contributed by atoms with Crippen LogP contribution in [0.3, 0.4) is 0 Å². The first-order chi connectivity index (χ1) is 8.15. The van der Waals surface area contributed by atoms with Crippen molar-refractivity contribution in [3.8, 4) is 0 Å². The summed E-state index contributed by atoms with van der Waals surface area (Å²) in [6.07, 6.45) is 6.94. The van der Waals surface area contributed by atoms with Gasteiger partial charge in [0.2, 0.25) is 5.28 Å². The Balaban J connectivity index is 2.24. The van der Waals surface area contributed by atoms with Crippen LogP contribution in [0, 0.1) is 0 Å². The molecule has 1 aliphatic carbocycles. The van der Waals surface area contributed by atoms with E-state index in [-0.39, 0.29) is 4.75 Å². The molecule has 1 heterocycles. The quantitative estimate of drug-likeness (QED) is 0.791. The number of thioether (sulfide) groups is 1. The van der Waals surface area contributed by atoms with Crippen LogP contribution in [0.25, 0.3) is 0 Å². The van der Waals surface area contributed by atoms with E-state index < -0.39 is 0 Å². The van der Waals surface area contributed by atoms with Gasteiger partial charge < -0.3 is 4.57 Å². The van der Waals surface area contributed by atoms with Gasteiger partial charge in [-0.25, -0.2) is 0 Å². The highest BCUT2D eigenvalue weighted by molar-refractivity contribution is 8.00. The fourth-order valence-electron chi connectivity index (χ4n) is 2.20. The first-order valence-corrected chi connectivity index (χ1v) is 7.89. The van der Waals surface area contributed by atoms with Gasteiger partial charge in [-0.2, -0.15) is 11.8 Å². The minimum absolute atomic E-state index is 0.260. The summed E-state index contributed by atoms with van der Waals surface area (Å²) in [7, 11) is 0. The molecule has 5 heteroatoms. The number of halogens is 1. The molecule has 1 aromatic rings. The van der Waals surface area contributed by atoms with Gasteiger partial charge in [-0.15, -0.1) is 10.2 Å². The van der Waals surface area contributed by atoms with Crippen LogP contribution < -0.4 is 0 Å². The molecule has 1 aromatic heterocycles. The molecule has 0 bridgehead atoms. The van der Waals surface area contributed by atoms with E-state index in [1.807, 2.05) is 11.8 Å². The lowest BCUT2D eigenvalue weighted by molar-refractivity contribution is 0.456. The van der Waals surface area contributed by atoms with Crippen molar-refractivity contribution in [1.82, 2.24) is 14.8 Å². The van der Waals surface area contributed by atoms with Gasteiger partial charge in [-0.1, -0.05) is 13.8 Å². The molecule has 17 heavy (non-hydrogen) atoms. The van der Waals surface area contributed by atoms with Crippen LogP contribution in [0.2, 0.25) is 5.28 Å². The van der Waals surface area contributed by atoms with Crippen molar-refractivity contribution in [2.45, 2.75) is 56.7 Å². The topological polar surface area (TPSA) is 30.7 Å². The van der Waals surface area contributed by atoms with Gasteiger partial charge in [0.05, 0.1) is 0 Å². The van der Waals surface area contributed by atoms with Gasteiger partial charge in [0, 0.05) is 17.2 Å². The molecule has 96 valence electrons. The lowest BCUT2D eigenvalue weighted by Crippen LogP contribution is -2.29. The van der Waals surface area contributed by atoms with Crippen LogP contribution in [-0.2, 0) is 6.54 Å². The molecule has 0 saturated heterocycles. The highest BCUT2D eigenvalue weighted by Gasteiger charge is 2.33. The highest BCUT2D eigenvalue weighted by Crippen LogP contribution is 2.41.